The quantitative estimate of drug-likeness (QED) is 0.0323. The van der Waals surface area contributed by atoms with Gasteiger partial charge in [-0.15, -0.1) is 0 Å². The summed E-state index contributed by atoms with van der Waals surface area (Å²) < 4.78 is 71.5. The zero-order valence-corrected chi connectivity index (χ0v) is 68.9. The topological polar surface area (TPSA) is 154 Å². The Morgan fingerprint density at radius 1 is 0.265 bits per heavy atom. The van der Waals surface area contributed by atoms with Crippen molar-refractivity contribution in [1.82, 2.24) is 0 Å². The Bertz CT molecular complexity index is 1590. The zero-order valence-electron chi connectivity index (χ0n) is 67.1. The van der Waals surface area contributed by atoms with Gasteiger partial charge in [0.05, 0.1) is 68.7 Å². The van der Waals surface area contributed by atoms with Crippen LogP contribution in [0.3, 0.4) is 0 Å². The van der Waals surface area contributed by atoms with Crippen LogP contribution in [0.25, 0.3) is 0 Å². The Labute approximate surface area is 610 Å². The van der Waals surface area contributed by atoms with E-state index in [0.29, 0.717) is 61.7 Å². The maximum Gasteiger partial charge on any atom is 0.268 e. The van der Waals surface area contributed by atoms with E-state index in [2.05, 4.69) is 27.7 Å². The first-order valence-electron chi connectivity index (χ1n) is 42.5. The predicted octanol–water partition coefficient (Wildman–Crippen LogP) is 23.4. The molecule has 14 nitrogen and oxygen atoms in total. The van der Waals surface area contributed by atoms with Crippen molar-refractivity contribution < 1.29 is 64.9 Å². The number of ether oxygens (including phenoxy) is 4. The van der Waals surface area contributed by atoms with Gasteiger partial charge in [-0.25, -0.2) is 0 Å². The molecule has 0 rings (SSSR count). The maximum atomic E-state index is 12.5. The number of hydrogen-bond acceptors (Lipinski definition) is 12. The summed E-state index contributed by atoms with van der Waals surface area (Å²) in [7, 11) is 3.18. The van der Waals surface area contributed by atoms with Crippen molar-refractivity contribution >= 4 is 15.6 Å². The molecule has 0 fully saturated rings. The summed E-state index contributed by atoms with van der Waals surface area (Å²) in [5, 5.41) is 0. The third-order valence-corrected chi connectivity index (χ3v) is 21.7. The molecule has 0 N–H and O–H groups in total. The van der Waals surface area contributed by atoms with Crippen LogP contribution in [-0.2, 0) is 46.2 Å². The Morgan fingerprint density at radius 2 is 0.469 bits per heavy atom. The second kappa shape index (κ2) is 71.2. The average molecular weight is 1440 g/mol. The summed E-state index contributed by atoms with van der Waals surface area (Å²) in [5.41, 5.74) is 0. The van der Waals surface area contributed by atoms with Gasteiger partial charge in [-0.05, 0) is 37.5 Å². The summed E-state index contributed by atoms with van der Waals surface area (Å²) in [4.78, 5) is 25.0. The van der Waals surface area contributed by atoms with Crippen LogP contribution in [0.1, 0.15) is 387 Å². The van der Waals surface area contributed by atoms with Crippen LogP contribution in [-0.4, -0.2) is 143 Å². The number of phosphoric acid groups is 2. The SMILES string of the molecule is CCCCCCCCCCCCCCCCO[C@@H](COCCCCCCCCC[C@H](C)CCCCCCCCCCCC[C@@H](C)CCCCCCCCCOC[C@@H](COP(=O)([O-])OCC[N+](C)(C)C)OCCCCCCCCCCCCCCCC)COP(=O)([O-])OCC[N+](C)(C)C. The van der Waals surface area contributed by atoms with E-state index < -0.39 is 27.9 Å². The van der Waals surface area contributed by atoms with Gasteiger partial charge in [-0.3, -0.25) is 9.13 Å². The minimum absolute atomic E-state index is 0.0788. The lowest BCUT2D eigenvalue weighted by Gasteiger charge is -2.28. The molecule has 0 spiro atoms. The minimum Gasteiger partial charge on any atom is -0.756 e. The molecule has 0 aliphatic rings. The summed E-state index contributed by atoms with van der Waals surface area (Å²) >= 11 is 0. The van der Waals surface area contributed by atoms with Gasteiger partial charge < -0.3 is 55.8 Å². The van der Waals surface area contributed by atoms with E-state index in [1.807, 2.05) is 42.3 Å². The van der Waals surface area contributed by atoms with E-state index >= 15 is 0 Å². The molecular formula is C82H170N2O12P2. The van der Waals surface area contributed by atoms with Crippen molar-refractivity contribution in [2.75, 3.05) is 121 Å². The van der Waals surface area contributed by atoms with Crippen molar-refractivity contribution in [3.63, 3.8) is 0 Å². The molecule has 0 aliphatic heterocycles. The second-order valence-electron chi connectivity index (χ2n) is 32.4. The van der Waals surface area contributed by atoms with Crippen LogP contribution in [0.2, 0.25) is 0 Å². The molecule has 98 heavy (non-hydrogen) atoms. The molecule has 0 aromatic carbocycles. The van der Waals surface area contributed by atoms with Crippen LogP contribution in [0.5, 0.6) is 0 Å². The summed E-state index contributed by atoms with van der Waals surface area (Å²) in [6.07, 6.45) is 72.8. The maximum absolute atomic E-state index is 12.5. The number of rotatable bonds is 83. The fourth-order valence-corrected chi connectivity index (χ4v) is 14.4. The molecule has 16 heteroatoms. The van der Waals surface area contributed by atoms with Crippen LogP contribution < -0.4 is 9.79 Å². The molecule has 2 unspecified atom stereocenters. The number of hydrogen-bond donors (Lipinski definition) is 0. The average Bonchev–Trinajstić information content (AvgIpc) is 1.09. The molecule has 0 aromatic rings. The molecule has 6 atom stereocenters. The van der Waals surface area contributed by atoms with Gasteiger partial charge in [-0.2, -0.15) is 0 Å². The van der Waals surface area contributed by atoms with Crippen LogP contribution in [0.4, 0.5) is 0 Å². The van der Waals surface area contributed by atoms with Crippen molar-refractivity contribution in [2.24, 2.45) is 11.8 Å². The van der Waals surface area contributed by atoms with E-state index in [0.717, 1.165) is 63.2 Å². The molecule has 0 aliphatic carbocycles. The lowest BCUT2D eigenvalue weighted by atomic mass is 9.95. The molecule has 0 saturated heterocycles. The van der Waals surface area contributed by atoms with Gasteiger partial charge in [0.2, 0.25) is 0 Å². The molecule has 0 bridgehead atoms. The monoisotopic (exact) mass is 1440 g/mol. The molecular weight excluding hydrogens is 1270 g/mol. The van der Waals surface area contributed by atoms with Gasteiger partial charge >= 0.3 is 0 Å². The van der Waals surface area contributed by atoms with Crippen molar-refractivity contribution in [2.45, 2.75) is 399 Å². The molecule has 0 aromatic heterocycles. The second-order valence-corrected chi connectivity index (χ2v) is 35.2. The smallest absolute Gasteiger partial charge is 0.268 e. The normalized spacial score (nSPS) is 14.9. The number of phosphoric ester groups is 2. The third-order valence-electron chi connectivity index (χ3n) is 19.8. The highest BCUT2D eigenvalue weighted by Gasteiger charge is 2.20. The number of quaternary nitrogens is 2. The molecule has 0 amide bonds. The fourth-order valence-electron chi connectivity index (χ4n) is 12.9. The first kappa shape index (κ1) is 98.0. The fraction of sp³-hybridized carbons (Fsp3) is 1.00. The Balaban J connectivity index is 3.97. The lowest BCUT2D eigenvalue weighted by Crippen LogP contribution is -2.37. The van der Waals surface area contributed by atoms with Crippen LogP contribution in [0.15, 0.2) is 0 Å². The highest BCUT2D eigenvalue weighted by Crippen LogP contribution is 2.39. The van der Waals surface area contributed by atoms with E-state index in [9.17, 15) is 18.9 Å². The first-order valence-corrected chi connectivity index (χ1v) is 45.4. The zero-order chi connectivity index (χ0) is 72.0. The predicted molar refractivity (Wildman–Crippen MR) is 414 cm³/mol. The Hall–Kier alpha value is -0.0200. The van der Waals surface area contributed by atoms with Crippen molar-refractivity contribution in [1.29, 1.82) is 0 Å². The molecule has 0 saturated carbocycles. The van der Waals surface area contributed by atoms with Gasteiger partial charge in [0.15, 0.2) is 0 Å². The summed E-state index contributed by atoms with van der Waals surface area (Å²) in [6.45, 7) is 13.8. The molecule has 590 valence electrons. The minimum atomic E-state index is -4.42. The molecule has 0 heterocycles. The molecule has 0 radical (unpaired) electrons. The summed E-state index contributed by atoms with van der Waals surface area (Å²) in [6, 6.07) is 0. The number of nitrogens with zero attached hydrogens (tertiary/aromatic N) is 2. The van der Waals surface area contributed by atoms with Gasteiger partial charge in [0.25, 0.3) is 15.6 Å². The number of likely N-dealkylation sites (N-methyl/N-ethyl adjacent to an activating group) is 2. The van der Waals surface area contributed by atoms with Crippen LogP contribution in [0, 0.1) is 11.8 Å². The van der Waals surface area contributed by atoms with E-state index in [1.165, 1.54) is 308 Å². The van der Waals surface area contributed by atoms with E-state index in [1.54, 1.807) is 0 Å². The third kappa shape index (κ3) is 78.6. The lowest BCUT2D eigenvalue weighted by molar-refractivity contribution is -0.870. The van der Waals surface area contributed by atoms with Gasteiger partial charge in [0, 0.05) is 26.4 Å². The van der Waals surface area contributed by atoms with Crippen LogP contribution >= 0.6 is 15.6 Å². The Kier molecular flexibility index (Phi) is 71.2. The Morgan fingerprint density at radius 3 is 0.694 bits per heavy atom. The largest absolute Gasteiger partial charge is 0.756 e. The van der Waals surface area contributed by atoms with Gasteiger partial charge in [-0.1, -0.05) is 362 Å². The van der Waals surface area contributed by atoms with Crippen molar-refractivity contribution in [3.8, 4) is 0 Å². The first-order chi connectivity index (χ1) is 47.3. The number of unbranched alkanes of at least 4 members (excludes halogenated alkanes) is 47. The van der Waals surface area contributed by atoms with E-state index in [-0.39, 0.29) is 26.4 Å². The highest BCUT2D eigenvalue weighted by atomic mass is 31.2. The summed E-state index contributed by atoms with van der Waals surface area (Å²) in [5.74, 6) is 1.69. The standard InChI is InChI=1S/C82H170N2O12P2/c1-11-13-15-17-19-21-23-25-27-31-35-45-53-61-71-91-81(77-95-97(85,86)93-73-67-83(5,6)7)75-89-69-59-51-43-37-41-49-57-65-79(3)63-55-47-39-33-29-30-34-40-48-56-64-80(4)66-58-50-42-38-44-52-60-70-90-76-82(78-96-98(87,88)94-74-68-84(8,9)10)92-72-62-54-46-36-32-28-26-24-22-20-18-16-14-12-2/h79-82H,11-78H2,1-10H3/t79-,80-,81+,82+/m1/s1. The van der Waals surface area contributed by atoms with Gasteiger partial charge in [0.1, 0.15) is 38.5 Å². The van der Waals surface area contributed by atoms with E-state index in [4.69, 9.17) is 37.0 Å². The highest BCUT2D eigenvalue weighted by molar-refractivity contribution is 7.46. The van der Waals surface area contributed by atoms with Crippen molar-refractivity contribution in [3.05, 3.63) is 0 Å².